The fourth-order valence-corrected chi connectivity index (χ4v) is 4.91. The van der Waals surface area contributed by atoms with Crippen LogP contribution in [0.25, 0.3) is 10.4 Å². The van der Waals surface area contributed by atoms with Crippen molar-refractivity contribution in [3.8, 4) is 10.4 Å². The molecule has 2 amide bonds. The van der Waals surface area contributed by atoms with Gasteiger partial charge in [0.1, 0.15) is 6.04 Å². The molecule has 1 aliphatic heterocycles. The summed E-state index contributed by atoms with van der Waals surface area (Å²) in [5, 5.41) is 16.4. The number of benzene rings is 1. The van der Waals surface area contributed by atoms with Crippen LogP contribution in [0.2, 0.25) is 0 Å². The Bertz CT molecular complexity index is 935. The highest BCUT2D eigenvalue weighted by molar-refractivity contribution is 7.13. The SMILES string of the molecule is CCNC(C(=O)N1C[C@H](O)CC1C(=O)NCc1ccc(-c2scnc2C)cc1)C(C)(C)C. The fraction of sp³-hybridized carbons (Fsp3) is 0.542. The molecule has 0 bridgehead atoms. The molecule has 1 aromatic carbocycles. The van der Waals surface area contributed by atoms with Gasteiger partial charge >= 0.3 is 0 Å². The highest BCUT2D eigenvalue weighted by Crippen LogP contribution is 2.28. The maximum Gasteiger partial charge on any atom is 0.243 e. The van der Waals surface area contributed by atoms with Crippen molar-refractivity contribution in [2.45, 2.75) is 65.8 Å². The molecule has 2 unspecified atom stereocenters. The minimum atomic E-state index is -0.695. The summed E-state index contributed by atoms with van der Waals surface area (Å²) in [5.74, 6) is -0.373. The number of thiazole rings is 1. The standard InChI is InChI=1S/C24H34N4O3S/c1-6-25-21(24(3,4)5)23(31)28-13-18(29)11-19(28)22(30)26-12-16-7-9-17(10-8-16)20-15(2)27-14-32-20/h7-10,14,18-19,21,25,29H,6,11-13H2,1-5H3,(H,26,30)/t18-,19?,21?/m1/s1. The molecule has 3 rings (SSSR count). The molecular weight excluding hydrogens is 424 g/mol. The molecular formula is C24H34N4O3S. The first kappa shape index (κ1) is 24.4. The predicted molar refractivity (Wildman–Crippen MR) is 127 cm³/mol. The molecule has 1 aromatic heterocycles. The van der Waals surface area contributed by atoms with E-state index in [0.29, 0.717) is 13.1 Å². The summed E-state index contributed by atoms with van der Waals surface area (Å²) in [4.78, 5) is 33.2. The Labute approximate surface area is 194 Å². The van der Waals surface area contributed by atoms with E-state index in [-0.39, 0.29) is 30.2 Å². The first-order valence-corrected chi connectivity index (χ1v) is 12.0. The second-order valence-corrected chi connectivity index (χ2v) is 10.3. The molecule has 1 fully saturated rings. The van der Waals surface area contributed by atoms with E-state index in [4.69, 9.17) is 0 Å². The van der Waals surface area contributed by atoms with Crippen LogP contribution in [-0.4, -0.2) is 58.1 Å². The maximum absolute atomic E-state index is 13.3. The van der Waals surface area contributed by atoms with Crippen molar-refractivity contribution in [1.82, 2.24) is 20.5 Å². The van der Waals surface area contributed by atoms with E-state index in [9.17, 15) is 14.7 Å². The van der Waals surface area contributed by atoms with E-state index in [1.165, 1.54) is 4.90 Å². The largest absolute Gasteiger partial charge is 0.391 e. The van der Waals surface area contributed by atoms with Crippen LogP contribution in [0.5, 0.6) is 0 Å². The normalized spacial score (nSPS) is 19.8. The molecule has 1 aliphatic rings. The van der Waals surface area contributed by atoms with Crippen LogP contribution in [0.3, 0.4) is 0 Å². The molecule has 1 saturated heterocycles. The lowest BCUT2D eigenvalue weighted by Crippen LogP contribution is -2.56. The van der Waals surface area contributed by atoms with Crippen molar-refractivity contribution in [2.24, 2.45) is 5.41 Å². The van der Waals surface area contributed by atoms with Crippen LogP contribution in [0.15, 0.2) is 29.8 Å². The van der Waals surface area contributed by atoms with Crippen LogP contribution >= 0.6 is 11.3 Å². The van der Waals surface area contributed by atoms with Crippen LogP contribution in [0.4, 0.5) is 0 Å². The number of nitrogens with zero attached hydrogens (tertiary/aromatic N) is 2. The molecule has 7 nitrogen and oxygen atoms in total. The number of amides is 2. The molecule has 0 radical (unpaired) electrons. The van der Waals surface area contributed by atoms with Crippen molar-refractivity contribution < 1.29 is 14.7 Å². The van der Waals surface area contributed by atoms with Gasteiger partial charge in [-0.1, -0.05) is 52.0 Å². The molecule has 0 aliphatic carbocycles. The molecule has 2 heterocycles. The topological polar surface area (TPSA) is 94.6 Å². The zero-order valence-corrected chi connectivity index (χ0v) is 20.3. The summed E-state index contributed by atoms with van der Waals surface area (Å²) in [7, 11) is 0. The average Bonchev–Trinajstić information content (AvgIpc) is 3.35. The Morgan fingerprint density at radius 3 is 2.53 bits per heavy atom. The number of aromatic nitrogens is 1. The Kier molecular flexibility index (Phi) is 7.69. The van der Waals surface area contributed by atoms with Gasteiger partial charge in [-0.3, -0.25) is 9.59 Å². The summed E-state index contributed by atoms with van der Waals surface area (Å²) in [5.41, 5.74) is 4.61. The van der Waals surface area contributed by atoms with Crippen molar-refractivity contribution in [2.75, 3.05) is 13.1 Å². The van der Waals surface area contributed by atoms with E-state index in [1.54, 1.807) is 11.3 Å². The van der Waals surface area contributed by atoms with Crippen molar-refractivity contribution in [3.05, 3.63) is 41.0 Å². The zero-order chi connectivity index (χ0) is 23.5. The van der Waals surface area contributed by atoms with E-state index in [0.717, 1.165) is 21.7 Å². The summed E-state index contributed by atoms with van der Waals surface area (Å²) < 4.78 is 0. The second kappa shape index (κ2) is 10.1. The monoisotopic (exact) mass is 458 g/mol. The third kappa shape index (κ3) is 5.54. The molecule has 174 valence electrons. The third-order valence-electron chi connectivity index (χ3n) is 5.81. The number of carbonyl (C=O) groups excluding carboxylic acids is 2. The van der Waals surface area contributed by atoms with Gasteiger partial charge in [-0.2, -0.15) is 0 Å². The number of rotatable bonds is 7. The van der Waals surface area contributed by atoms with Gasteiger partial charge in [-0.25, -0.2) is 4.98 Å². The Morgan fingerprint density at radius 1 is 1.28 bits per heavy atom. The van der Waals surface area contributed by atoms with Gasteiger partial charge in [0, 0.05) is 19.5 Å². The highest BCUT2D eigenvalue weighted by Gasteiger charge is 2.43. The molecule has 2 aromatic rings. The second-order valence-electron chi connectivity index (χ2n) is 9.43. The van der Waals surface area contributed by atoms with Crippen LogP contribution < -0.4 is 10.6 Å². The molecule has 3 N–H and O–H groups in total. The Hall–Kier alpha value is -2.29. The third-order valence-corrected chi connectivity index (χ3v) is 6.79. The zero-order valence-electron chi connectivity index (χ0n) is 19.5. The number of hydrogen-bond acceptors (Lipinski definition) is 6. The number of carbonyl (C=O) groups is 2. The maximum atomic E-state index is 13.3. The molecule has 32 heavy (non-hydrogen) atoms. The molecule has 0 spiro atoms. The fourth-order valence-electron chi connectivity index (χ4n) is 4.10. The van der Waals surface area contributed by atoms with Crippen LogP contribution in [-0.2, 0) is 16.1 Å². The summed E-state index contributed by atoms with van der Waals surface area (Å²) >= 11 is 1.61. The number of β-amino-alcohol motifs (C(OH)–C–C–N with tert-alkyl or cyclic N) is 1. The first-order chi connectivity index (χ1) is 15.1. The van der Waals surface area contributed by atoms with E-state index >= 15 is 0 Å². The number of likely N-dealkylation sites (N-methyl/N-ethyl adjacent to an activating group) is 1. The number of aliphatic hydroxyl groups is 1. The van der Waals surface area contributed by atoms with E-state index < -0.39 is 18.2 Å². The van der Waals surface area contributed by atoms with E-state index in [1.807, 2.05) is 64.4 Å². The lowest BCUT2D eigenvalue weighted by atomic mass is 9.85. The quantitative estimate of drug-likeness (QED) is 0.593. The summed E-state index contributed by atoms with van der Waals surface area (Å²) in [6.07, 6.45) is -0.441. The lowest BCUT2D eigenvalue weighted by Gasteiger charge is -2.35. The van der Waals surface area contributed by atoms with Crippen molar-refractivity contribution >= 4 is 23.2 Å². The van der Waals surface area contributed by atoms with Crippen molar-refractivity contribution in [1.29, 1.82) is 0 Å². The minimum absolute atomic E-state index is 0.139. The summed E-state index contributed by atoms with van der Waals surface area (Å²) in [6, 6.07) is 6.95. The summed E-state index contributed by atoms with van der Waals surface area (Å²) in [6.45, 7) is 11.1. The van der Waals surface area contributed by atoms with Gasteiger partial charge in [0.05, 0.1) is 28.2 Å². The van der Waals surface area contributed by atoms with Crippen molar-refractivity contribution in [3.63, 3.8) is 0 Å². The Balaban J connectivity index is 1.65. The number of hydrogen-bond donors (Lipinski definition) is 3. The molecule has 0 saturated carbocycles. The number of aliphatic hydroxyl groups excluding tert-OH is 1. The van der Waals surface area contributed by atoms with Gasteiger partial charge in [-0.05, 0) is 30.0 Å². The number of likely N-dealkylation sites (tertiary alicyclic amines) is 1. The number of aryl methyl sites for hydroxylation is 1. The van der Waals surface area contributed by atoms with Gasteiger partial charge in [0.25, 0.3) is 0 Å². The Morgan fingerprint density at radius 2 is 1.97 bits per heavy atom. The average molecular weight is 459 g/mol. The van der Waals surface area contributed by atoms with Crippen LogP contribution in [0.1, 0.15) is 45.4 Å². The smallest absolute Gasteiger partial charge is 0.243 e. The van der Waals surface area contributed by atoms with Gasteiger partial charge < -0.3 is 20.6 Å². The van der Waals surface area contributed by atoms with E-state index in [2.05, 4.69) is 15.6 Å². The van der Waals surface area contributed by atoms with Gasteiger partial charge in [-0.15, -0.1) is 11.3 Å². The lowest BCUT2D eigenvalue weighted by molar-refractivity contribution is -0.142. The minimum Gasteiger partial charge on any atom is -0.391 e. The van der Waals surface area contributed by atoms with Crippen LogP contribution in [0, 0.1) is 12.3 Å². The number of nitrogens with one attached hydrogen (secondary N) is 2. The molecule has 8 heteroatoms. The van der Waals surface area contributed by atoms with Gasteiger partial charge in [0.15, 0.2) is 0 Å². The predicted octanol–water partition coefficient (Wildman–Crippen LogP) is 2.72. The molecule has 3 atom stereocenters. The highest BCUT2D eigenvalue weighted by atomic mass is 32.1. The van der Waals surface area contributed by atoms with Gasteiger partial charge in [0.2, 0.25) is 11.8 Å². The first-order valence-electron chi connectivity index (χ1n) is 11.1.